The number of hydrogen-bond acceptors (Lipinski definition) is 4. The van der Waals surface area contributed by atoms with Crippen molar-refractivity contribution in [3.8, 4) is 11.5 Å². The molecule has 1 saturated heterocycles. The van der Waals surface area contributed by atoms with Crippen molar-refractivity contribution in [2.45, 2.75) is 37.5 Å². The van der Waals surface area contributed by atoms with Crippen molar-refractivity contribution in [2.75, 3.05) is 18.0 Å². The molecule has 4 heteroatoms. The van der Waals surface area contributed by atoms with Crippen LogP contribution in [0.25, 0.3) is 0 Å². The molecule has 32 heavy (non-hydrogen) atoms. The molecule has 3 aromatic rings. The van der Waals surface area contributed by atoms with Crippen LogP contribution in [0.3, 0.4) is 0 Å². The molecule has 5 rings (SSSR count). The Morgan fingerprint density at radius 1 is 0.812 bits per heavy atom. The minimum atomic E-state index is 0.163. The van der Waals surface area contributed by atoms with Crippen LogP contribution in [0, 0.1) is 5.92 Å². The highest BCUT2D eigenvalue weighted by molar-refractivity contribution is 5.56. The normalized spacial score (nSPS) is 21.2. The molecule has 0 aromatic heterocycles. The Hall–Kier alpha value is -3.27. The minimum Gasteiger partial charge on any atom is -0.508 e. The summed E-state index contributed by atoms with van der Waals surface area (Å²) in [4.78, 5) is 13.4. The number of benzene rings is 3. The van der Waals surface area contributed by atoms with Crippen molar-refractivity contribution >= 4 is 12.0 Å². The Labute approximate surface area is 189 Å². The van der Waals surface area contributed by atoms with Crippen molar-refractivity contribution in [1.82, 2.24) is 0 Å². The molecule has 0 unspecified atom stereocenters. The van der Waals surface area contributed by atoms with Gasteiger partial charge in [0.1, 0.15) is 17.8 Å². The first-order valence-corrected chi connectivity index (χ1v) is 11.5. The molecule has 1 heterocycles. The van der Waals surface area contributed by atoms with Crippen LogP contribution in [0.15, 0.2) is 66.7 Å². The van der Waals surface area contributed by atoms with Crippen LogP contribution in [-0.2, 0) is 11.2 Å². The number of aromatic hydroxyl groups is 2. The number of carbonyl (C=O) groups excluding carboxylic acids is 1. The fourth-order valence-corrected chi connectivity index (χ4v) is 5.52. The Kier molecular flexibility index (Phi) is 5.60. The van der Waals surface area contributed by atoms with E-state index in [1.807, 2.05) is 18.2 Å². The zero-order valence-corrected chi connectivity index (χ0v) is 18.2. The lowest BCUT2D eigenvalue weighted by molar-refractivity contribution is -0.111. The first-order chi connectivity index (χ1) is 15.6. The number of phenols is 2. The lowest BCUT2D eigenvalue weighted by atomic mass is 9.69. The van der Waals surface area contributed by atoms with E-state index in [1.54, 1.807) is 12.1 Å². The maximum absolute atomic E-state index is 11.1. The van der Waals surface area contributed by atoms with Crippen molar-refractivity contribution in [2.24, 2.45) is 5.92 Å². The van der Waals surface area contributed by atoms with E-state index in [4.69, 9.17) is 0 Å². The molecule has 2 aliphatic rings. The van der Waals surface area contributed by atoms with E-state index in [0.717, 1.165) is 50.6 Å². The summed E-state index contributed by atoms with van der Waals surface area (Å²) in [6.07, 6.45) is 4.81. The van der Waals surface area contributed by atoms with Gasteiger partial charge in [-0.1, -0.05) is 30.3 Å². The summed E-state index contributed by atoms with van der Waals surface area (Å²) in [5.41, 5.74) is 6.05. The number of carbonyl (C=O) groups is 1. The molecule has 0 amide bonds. The summed E-state index contributed by atoms with van der Waals surface area (Å²) >= 11 is 0. The summed E-state index contributed by atoms with van der Waals surface area (Å²) in [6.45, 7) is 1.83. The first-order valence-electron chi connectivity index (χ1n) is 11.5. The highest BCUT2D eigenvalue weighted by Crippen LogP contribution is 2.47. The summed E-state index contributed by atoms with van der Waals surface area (Å²) in [6, 6.07) is 22.2. The number of hydrogen-bond donors (Lipinski definition) is 2. The molecule has 4 nitrogen and oxygen atoms in total. The van der Waals surface area contributed by atoms with Gasteiger partial charge in [0.2, 0.25) is 0 Å². The average molecular weight is 428 g/mol. The molecule has 3 aromatic carbocycles. The molecule has 164 valence electrons. The Morgan fingerprint density at radius 2 is 1.56 bits per heavy atom. The number of anilines is 1. The van der Waals surface area contributed by atoms with Gasteiger partial charge in [0.15, 0.2) is 0 Å². The third-order valence-electron chi connectivity index (χ3n) is 7.24. The highest BCUT2D eigenvalue weighted by Gasteiger charge is 2.32. The van der Waals surface area contributed by atoms with Crippen LogP contribution in [0.5, 0.6) is 11.5 Å². The smallest absolute Gasteiger partial charge is 0.123 e. The van der Waals surface area contributed by atoms with Crippen molar-refractivity contribution < 1.29 is 15.0 Å². The van der Waals surface area contributed by atoms with Crippen LogP contribution < -0.4 is 4.90 Å². The predicted molar refractivity (Wildman–Crippen MR) is 127 cm³/mol. The third kappa shape index (κ3) is 3.97. The topological polar surface area (TPSA) is 60.8 Å². The van der Waals surface area contributed by atoms with Crippen LogP contribution in [-0.4, -0.2) is 29.6 Å². The summed E-state index contributed by atoms with van der Waals surface area (Å²) in [7, 11) is 0. The molecular weight excluding hydrogens is 398 g/mol. The lowest BCUT2D eigenvalue weighted by Gasteiger charge is -2.35. The van der Waals surface area contributed by atoms with E-state index in [-0.39, 0.29) is 17.8 Å². The SMILES string of the molecule is O=CC1CCN(c2ccc([C@@H]3c4ccc(O)cc4CC[C@@H]3c3cccc(O)c3)cc2)CC1. The fourth-order valence-electron chi connectivity index (χ4n) is 5.52. The second-order valence-corrected chi connectivity index (χ2v) is 9.15. The standard InChI is InChI=1S/C28H29NO3/c30-18-19-12-14-29(15-13-19)23-7-4-20(5-8-23)28-26(21-2-1-3-24(31)16-21)10-6-22-17-25(32)9-11-27(22)28/h1-5,7-9,11,16-19,26,28,31-32H,6,10,12-15H2/t26-,28+/m1/s1. The molecular formula is C28H29NO3. The van der Waals surface area contributed by atoms with E-state index in [0.29, 0.717) is 11.5 Å². The van der Waals surface area contributed by atoms with E-state index in [9.17, 15) is 15.0 Å². The van der Waals surface area contributed by atoms with Crippen molar-refractivity contribution in [1.29, 1.82) is 0 Å². The largest absolute Gasteiger partial charge is 0.508 e. The molecule has 1 fully saturated rings. The number of phenolic OH excluding ortho intramolecular Hbond substituents is 2. The number of aryl methyl sites for hydroxylation is 1. The van der Waals surface area contributed by atoms with Gasteiger partial charge in [-0.15, -0.1) is 0 Å². The van der Waals surface area contributed by atoms with Crippen LogP contribution in [0.1, 0.15) is 53.4 Å². The van der Waals surface area contributed by atoms with E-state index in [2.05, 4.69) is 41.3 Å². The Bertz CT molecular complexity index is 1100. The molecule has 1 aliphatic heterocycles. The summed E-state index contributed by atoms with van der Waals surface area (Å²) in [5, 5.41) is 20.1. The van der Waals surface area contributed by atoms with Gasteiger partial charge < -0.3 is 19.9 Å². The molecule has 0 bridgehead atoms. The second kappa shape index (κ2) is 8.70. The molecule has 2 atom stereocenters. The summed E-state index contributed by atoms with van der Waals surface area (Å²) < 4.78 is 0. The van der Waals surface area contributed by atoms with Crippen molar-refractivity contribution in [3.05, 3.63) is 89.0 Å². The number of fused-ring (bicyclic) bond motifs is 1. The van der Waals surface area contributed by atoms with Gasteiger partial charge >= 0.3 is 0 Å². The van der Waals surface area contributed by atoms with Crippen LogP contribution in [0.2, 0.25) is 0 Å². The molecule has 2 N–H and O–H groups in total. The maximum atomic E-state index is 11.1. The Morgan fingerprint density at radius 3 is 2.28 bits per heavy atom. The predicted octanol–water partition coefficient (Wildman–Crippen LogP) is 5.38. The van der Waals surface area contributed by atoms with Crippen LogP contribution in [0.4, 0.5) is 5.69 Å². The van der Waals surface area contributed by atoms with Crippen LogP contribution >= 0.6 is 0 Å². The molecule has 1 aliphatic carbocycles. The first kappa shape index (κ1) is 20.6. The quantitative estimate of drug-likeness (QED) is 0.549. The van der Waals surface area contributed by atoms with Gasteiger partial charge in [0.05, 0.1) is 0 Å². The number of piperidine rings is 1. The van der Waals surface area contributed by atoms with Gasteiger partial charge in [-0.2, -0.15) is 0 Å². The molecule has 0 spiro atoms. The Balaban J connectivity index is 1.49. The van der Waals surface area contributed by atoms with E-state index >= 15 is 0 Å². The lowest BCUT2D eigenvalue weighted by Crippen LogP contribution is -2.34. The third-order valence-corrected chi connectivity index (χ3v) is 7.24. The van der Waals surface area contributed by atoms with Gasteiger partial charge in [-0.25, -0.2) is 0 Å². The molecule has 0 saturated carbocycles. The van der Waals surface area contributed by atoms with Gasteiger partial charge in [-0.3, -0.25) is 0 Å². The highest BCUT2D eigenvalue weighted by atomic mass is 16.3. The minimum absolute atomic E-state index is 0.163. The van der Waals surface area contributed by atoms with E-state index in [1.165, 1.54) is 22.4 Å². The molecule has 0 radical (unpaired) electrons. The van der Waals surface area contributed by atoms with E-state index < -0.39 is 0 Å². The number of aldehydes is 1. The summed E-state index contributed by atoms with van der Waals surface area (Å²) in [5.74, 6) is 1.23. The zero-order valence-electron chi connectivity index (χ0n) is 18.2. The number of rotatable bonds is 4. The van der Waals surface area contributed by atoms with Gasteiger partial charge in [0, 0.05) is 30.6 Å². The monoisotopic (exact) mass is 427 g/mol. The van der Waals surface area contributed by atoms with Gasteiger partial charge in [0.25, 0.3) is 0 Å². The number of nitrogens with zero attached hydrogens (tertiary/aromatic N) is 1. The zero-order chi connectivity index (χ0) is 22.1. The van der Waals surface area contributed by atoms with Gasteiger partial charge in [-0.05, 0) is 90.3 Å². The average Bonchev–Trinajstić information content (AvgIpc) is 2.83. The maximum Gasteiger partial charge on any atom is 0.123 e. The van der Waals surface area contributed by atoms with Crippen molar-refractivity contribution in [3.63, 3.8) is 0 Å². The second-order valence-electron chi connectivity index (χ2n) is 9.15. The fraction of sp³-hybridized carbons (Fsp3) is 0.321.